The quantitative estimate of drug-likeness (QED) is 0.0606. The number of hydrogen-bond donors (Lipinski definition) is 4. The van der Waals surface area contributed by atoms with Crippen LogP contribution >= 0.6 is 0 Å². The maximum absolute atomic E-state index is 14.9. The number of aromatic amines is 1. The summed E-state index contributed by atoms with van der Waals surface area (Å²) in [5, 5.41) is 25.6. The average Bonchev–Trinajstić information content (AvgIpc) is 3.93. The highest BCUT2D eigenvalue weighted by Crippen LogP contribution is 2.49. The lowest BCUT2D eigenvalue weighted by Gasteiger charge is -2.57. The number of hydrogen-bond acceptors (Lipinski definition) is 13. The topological polar surface area (TPSA) is 205 Å². The molecule has 18 heteroatoms. The largest absolute Gasteiger partial charge is 0.475 e. The van der Waals surface area contributed by atoms with E-state index in [9.17, 15) is 32.8 Å². The van der Waals surface area contributed by atoms with Crippen LogP contribution in [0.3, 0.4) is 0 Å². The molecule has 9 rings (SSSR count). The molecule has 5 heterocycles. The smallest absolute Gasteiger partial charge is 0.312 e. The van der Waals surface area contributed by atoms with E-state index in [1.807, 2.05) is 0 Å². The minimum atomic E-state index is -4.72. The van der Waals surface area contributed by atoms with Crippen LogP contribution in [0.15, 0.2) is 71.9 Å². The number of amides is 1. The highest BCUT2D eigenvalue weighted by atomic mass is 32.2. The average molecular weight is 967 g/mol. The van der Waals surface area contributed by atoms with E-state index >= 15 is 0 Å². The maximum atomic E-state index is 14.9. The molecule has 368 valence electrons. The van der Waals surface area contributed by atoms with E-state index < -0.39 is 42.9 Å². The number of carbonyl (C=O) groups excluding carboxylic acids is 1. The number of aromatic nitrogens is 3. The van der Waals surface area contributed by atoms with Crippen molar-refractivity contribution in [3.8, 4) is 17.4 Å². The fourth-order valence-corrected chi connectivity index (χ4v) is 12.0. The van der Waals surface area contributed by atoms with E-state index in [0.717, 1.165) is 63.2 Å². The van der Waals surface area contributed by atoms with E-state index in [1.54, 1.807) is 26.0 Å². The summed E-state index contributed by atoms with van der Waals surface area (Å²) in [6.45, 7) is 14.6. The Morgan fingerprint density at radius 3 is 2.48 bits per heavy atom. The molecule has 0 radical (unpaired) electrons. The highest BCUT2D eigenvalue weighted by Gasteiger charge is 2.49. The second-order valence-electron chi connectivity index (χ2n) is 20.9. The van der Waals surface area contributed by atoms with Gasteiger partial charge in [-0.15, -0.1) is 0 Å². The van der Waals surface area contributed by atoms with Crippen LogP contribution in [0.5, 0.6) is 17.4 Å². The minimum absolute atomic E-state index is 0.000855. The number of likely N-dealkylation sites (tertiary alicyclic amines) is 1. The molecule has 2 aliphatic carbocycles. The highest BCUT2D eigenvalue weighted by molar-refractivity contribution is 7.90. The Labute approximate surface area is 402 Å². The van der Waals surface area contributed by atoms with Crippen LogP contribution in [0, 0.1) is 27.3 Å². The van der Waals surface area contributed by atoms with Crippen LogP contribution in [0.4, 0.5) is 21.6 Å². The van der Waals surface area contributed by atoms with Crippen molar-refractivity contribution < 1.29 is 37.1 Å². The van der Waals surface area contributed by atoms with Gasteiger partial charge in [0.15, 0.2) is 5.75 Å². The van der Waals surface area contributed by atoms with Crippen molar-refractivity contribution in [2.75, 3.05) is 49.5 Å². The Balaban J connectivity index is 0.934. The number of anilines is 2. The van der Waals surface area contributed by atoms with Gasteiger partial charge in [0.1, 0.15) is 22.1 Å². The molecular formula is C51H63FN8O8S. The monoisotopic (exact) mass is 966 g/mol. The Hall–Kier alpha value is -5.85. The van der Waals surface area contributed by atoms with Crippen LogP contribution in [-0.4, -0.2) is 95.2 Å². The number of halogens is 1. The Kier molecular flexibility index (Phi) is 13.1. The first-order chi connectivity index (χ1) is 32.8. The van der Waals surface area contributed by atoms with Crippen molar-refractivity contribution in [1.82, 2.24) is 24.6 Å². The van der Waals surface area contributed by atoms with E-state index in [2.05, 4.69) is 79.8 Å². The van der Waals surface area contributed by atoms with Crippen molar-refractivity contribution >= 4 is 44.2 Å². The summed E-state index contributed by atoms with van der Waals surface area (Å²) in [5.41, 5.74) is 2.67. The van der Waals surface area contributed by atoms with Crippen LogP contribution < -0.4 is 24.4 Å². The number of nitrogens with one attached hydrogen (secondary N) is 3. The molecule has 2 atom stereocenters. The molecule has 2 aliphatic heterocycles. The van der Waals surface area contributed by atoms with Crippen molar-refractivity contribution in [1.29, 1.82) is 0 Å². The number of nitro groups is 1. The number of nitrogens with zero attached hydrogens (tertiary/aromatic N) is 5. The molecule has 3 aromatic heterocycles. The zero-order valence-corrected chi connectivity index (χ0v) is 40.8. The molecular weight excluding hydrogens is 904 g/mol. The Morgan fingerprint density at radius 2 is 1.77 bits per heavy atom. The van der Waals surface area contributed by atoms with E-state index in [0.29, 0.717) is 44.2 Å². The van der Waals surface area contributed by atoms with Gasteiger partial charge in [0.05, 0.1) is 34.3 Å². The number of piperidine rings is 1. The SMILES string of the molecule is CCOc1nc2[nH]cc(F)c2cc1Oc1cc(N2CCC3(CC2)CN([C@@H]2CCC[C@@H]2c2ccccc2C(C)(C)C)C3)ccc1C(=O)NS(=O)(=O)c1cnc(NCC2CCC(C)(O)CC2)c([N+](=O)[O-])c1. The zero-order chi connectivity index (χ0) is 48.9. The third-order valence-electron chi connectivity index (χ3n) is 15.0. The van der Waals surface area contributed by atoms with Crippen LogP contribution in [0.1, 0.15) is 120 Å². The van der Waals surface area contributed by atoms with E-state index in [4.69, 9.17) is 9.47 Å². The first-order valence-electron chi connectivity index (χ1n) is 24.2. The molecule has 2 aromatic carbocycles. The summed E-state index contributed by atoms with van der Waals surface area (Å²) in [7, 11) is -4.72. The van der Waals surface area contributed by atoms with Gasteiger partial charge in [-0.1, -0.05) is 51.5 Å². The molecule has 0 bridgehead atoms. The maximum Gasteiger partial charge on any atom is 0.312 e. The summed E-state index contributed by atoms with van der Waals surface area (Å²) >= 11 is 0. The van der Waals surface area contributed by atoms with Crippen molar-refractivity contribution in [2.24, 2.45) is 11.3 Å². The Bertz CT molecular complexity index is 2840. The van der Waals surface area contributed by atoms with Gasteiger partial charge < -0.3 is 29.8 Å². The van der Waals surface area contributed by atoms with Gasteiger partial charge in [-0.3, -0.25) is 19.8 Å². The predicted molar refractivity (Wildman–Crippen MR) is 261 cm³/mol. The first kappa shape index (κ1) is 48.2. The number of carbonyl (C=O) groups is 1. The van der Waals surface area contributed by atoms with Crippen LogP contribution in [0.2, 0.25) is 0 Å². The minimum Gasteiger partial charge on any atom is -0.475 e. The molecule has 1 amide bonds. The number of aliphatic hydroxyl groups is 1. The lowest BCUT2D eigenvalue weighted by Crippen LogP contribution is -2.63. The van der Waals surface area contributed by atoms with Gasteiger partial charge in [-0.2, -0.15) is 4.98 Å². The van der Waals surface area contributed by atoms with Crippen molar-refractivity contribution in [2.45, 2.75) is 120 Å². The van der Waals surface area contributed by atoms with Gasteiger partial charge in [-0.05, 0) is 111 Å². The van der Waals surface area contributed by atoms with Gasteiger partial charge in [0.25, 0.3) is 21.8 Å². The molecule has 1 spiro atoms. The fraction of sp³-hybridized carbons (Fsp3) is 0.510. The second-order valence-corrected chi connectivity index (χ2v) is 22.6. The lowest BCUT2D eigenvalue weighted by molar-refractivity contribution is -0.384. The lowest BCUT2D eigenvalue weighted by atomic mass is 9.70. The number of sulfonamides is 1. The molecule has 4 fully saturated rings. The normalized spacial score (nSPS) is 22.9. The predicted octanol–water partition coefficient (Wildman–Crippen LogP) is 9.20. The fourth-order valence-electron chi connectivity index (χ4n) is 11.1. The number of fused-ring (bicyclic) bond motifs is 1. The number of pyridine rings is 2. The van der Waals surface area contributed by atoms with Gasteiger partial charge in [-0.25, -0.2) is 22.5 Å². The standard InChI is InChI=1S/C51H63FN8O8S/c1-6-67-48-44(26-38-40(52)29-55-45(38)56-48)68-43-24-33(58-22-20-51(21-23-58)30-59(31-51)41-13-9-11-36(41)35-10-7-8-12-39(35)49(2,3)4)14-15-37(43)47(61)57-69(65,66)34-25-42(60(63)64)46(54-28-34)53-27-32-16-18-50(5,62)19-17-32/h7-8,10,12,14-15,24-26,28-29,32,36,41,62H,6,9,11,13,16-23,27,30-31H2,1-5H3,(H,53,54)(H,55,56)(H,57,61)/t32?,36-,41-,50?/m1/s1. The first-order valence-corrected chi connectivity index (χ1v) is 25.7. The van der Waals surface area contributed by atoms with Gasteiger partial charge >= 0.3 is 5.69 Å². The number of ether oxygens (including phenoxy) is 2. The summed E-state index contributed by atoms with van der Waals surface area (Å²) in [6, 6.07) is 16.6. The molecule has 2 saturated heterocycles. The summed E-state index contributed by atoms with van der Waals surface area (Å²) < 4.78 is 56.8. The number of rotatable bonds is 14. The van der Waals surface area contributed by atoms with Crippen LogP contribution in [-0.2, 0) is 15.4 Å². The molecule has 0 unspecified atom stereocenters. The van der Waals surface area contributed by atoms with Crippen LogP contribution in [0.25, 0.3) is 11.0 Å². The van der Waals surface area contributed by atoms with Crippen molar-refractivity contribution in [3.63, 3.8) is 0 Å². The molecule has 69 heavy (non-hydrogen) atoms. The second kappa shape index (κ2) is 18.8. The Morgan fingerprint density at radius 1 is 1.03 bits per heavy atom. The van der Waals surface area contributed by atoms with E-state index in [1.165, 1.54) is 42.5 Å². The third-order valence-corrected chi connectivity index (χ3v) is 16.3. The van der Waals surface area contributed by atoms with Crippen molar-refractivity contribution in [3.05, 3.63) is 99.6 Å². The van der Waals surface area contributed by atoms with Gasteiger partial charge in [0, 0.05) is 68.8 Å². The number of H-pyrrole nitrogens is 1. The van der Waals surface area contributed by atoms with E-state index in [-0.39, 0.29) is 63.1 Å². The molecule has 2 saturated carbocycles. The summed E-state index contributed by atoms with van der Waals surface area (Å²) in [6.07, 6.45) is 10.3. The molecule has 5 aromatic rings. The summed E-state index contributed by atoms with van der Waals surface area (Å²) in [4.78, 5) is 41.2. The molecule has 16 nitrogen and oxygen atoms in total. The third kappa shape index (κ3) is 10.1. The molecule has 4 aliphatic rings. The van der Waals surface area contributed by atoms with Gasteiger partial charge in [0.2, 0.25) is 5.82 Å². The summed E-state index contributed by atoms with van der Waals surface area (Å²) in [5.74, 6) is -1.11. The number of benzene rings is 2. The molecule has 4 N–H and O–H groups in total. The zero-order valence-electron chi connectivity index (χ0n) is 40.0.